The van der Waals surface area contributed by atoms with Crippen molar-refractivity contribution >= 4 is 28.5 Å². The molecular formula is C8H12IN3O. The van der Waals surface area contributed by atoms with Gasteiger partial charge in [0.25, 0.3) is 5.91 Å². The smallest absolute Gasteiger partial charge is 0.253 e. The van der Waals surface area contributed by atoms with Crippen LogP contribution in [0, 0.1) is 3.70 Å². The second-order valence-electron chi connectivity index (χ2n) is 3.80. The predicted octanol–water partition coefficient (Wildman–Crippen LogP) is 1.34. The Labute approximate surface area is 90.6 Å². The number of carbonyl (C=O) groups is 1. The number of hydrogen-bond acceptors (Lipinski definition) is 2. The lowest BCUT2D eigenvalue weighted by atomic mass is 10.1. The highest BCUT2D eigenvalue weighted by molar-refractivity contribution is 14.1. The highest BCUT2D eigenvalue weighted by Crippen LogP contribution is 2.20. The maximum atomic E-state index is 10.9. The number of carbonyl (C=O) groups excluding carboxylic acids is 1. The summed E-state index contributed by atoms with van der Waals surface area (Å²) in [7, 11) is 0. The normalized spacial score (nSPS) is 11.7. The summed E-state index contributed by atoms with van der Waals surface area (Å²) in [5, 5.41) is 4.12. The first kappa shape index (κ1) is 10.5. The summed E-state index contributed by atoms with van der Waals surface area (Å²) >= 11 is 2.08. The summed E-state index contributed by atoms with van der Waals surface area (Å²) in [6.07, 6.45) is 1.51. The molecule has 1 aromatic rings. The van der Waals surface area contributed by atoms with Crippen LogP contribution < -0.4 is 5.73 Å². The highest BCUT2D eigenvalue weighted by atomic mass is 127. The number of rotatable bonds is 1. The van der Waals surface area contributed by atoms with Gasteiger partial charge in [0, 0.05) is 0 Å². The molecule has 0 aliphatic carbocycles. The van der Waals surface area contributed by atoms with E-state index in [2.05, 4.69) is 27.7 Å². The molecule has 1 aromatic heterocycles. The van der Waals surface area contributed by atoms with E-state index in [1.54, 1.807) is 4.68 Å². The van der Waals surface area contributed by atoms with Crippen LogP contribution in [0.25, 0.3) is 0 Å². The van der Waals surface area contributed by atoms with E-state index in [1.165, 1.54) is 6.20 Å². The standard InChI is InChI=1S/C8H12IN3O/c1-8(2,3)12-6(9)5(4-11-12)7(10)13/h4H,1-3H3,(H2,10,13). The van der Waals surface area contributed by atoms with Gasteiger partial charge >= 0.3 is 0 Å². The Hall–Kier alpha value is -0.590. The average molecular weight is 293 g/mol. The minimum atomic E-state index is -0.431. The third-order valence-electron chi connectivity index (χ3n) is 1.61. The Bertz CT molecular complexity index is 338. The summed E-state index contributed by atoms with van der Waals surface area (Å²) in [5.41, 5.74) is 5.54. The zero-order valence-corrected chi connectivity index (χ0v) is 9.99. The van der Waals surface area contributed by atoms with Gasteiger partial charge in [0.15, 0.2) is 0 Å². The predicted molar refractivity (Wildman–Crippen MR) is 58.5 cm³/mol. The Kier molecular flexibility index (Phi) is 2.65. The fraction of sp³-hybridized carbons (Fsp3) is 0.500. The lowest BCUT2D eigenvalue weighted by Crippen LogP contribution is -2.25. The van der Waals surface area contributed by atoms with Crippen molar-refractivity contribution in [2.45, 2.75) is 26.3 Å². The van der Waals surface area contributed by atoms with Crippen molar-refractivity contribution in [3.8, 4) is 0 Å². The molecule has 0 saturated heterocycles. The molecule has 5 heteroatoms. The molecular weight excluding hydrogens is 281 g/mol. The molecule has 0 saturated carbocycles. The Balaban J connectivity index is 3.22. The van der Waals surface area contributed by atoms with Gasteiger partial charge in [-0.15, -0.1) is 0 Å². The zero-order chi connectivity index (χ0) is 10.2. The van der Waals surface area contributed by atoms with Crippen molar-refractivity contribution in [1.29, 1.82) is 0 Å². The second kappa shape index (κ2) is 3.28. The molecule has 0 aromatic carbocycles. The van der Waals surface area contributed by atoms with Crippen LogP contribution in [0.5, 0.6) is 0 Å². The molecule has 0 aliphatic rings. The molecule has 1 amide bonds. The molecule has 1 rings (SSSR count). The SMILES string of the molecule is CC(C)(C)n1ncc(C(N)=O)c1I. The van der Waals surface area contributed by atoms with E-state index in [4.69, 9.17) is 5.73 Å². The van der Waals surface area contributed by atoms with Gasteiger partial charge in [-0.2, -0.15) is 5.10 Å². The van der Waals surface area contributed by atoms with Gasteiger partial charge in [0.05, 0.1) is 17.3 Å². The third-order valence-corrected chi connectivity index (χ3v) is 2.65. The number of nitrogens with zero attached hydrogens (tertiary/aromatic N) is 2. The van der Waals surface area contributed by atoms with Crippen LogP contribution >= 0.6 is 22.6 Å². The van der Waals surface area contributed by atoms with Crippen molar-refractivity contribution in [1.82, 2.24) is 9.78 Å². The molecule has 0 spiro atoms. The van der Waals surface area contributed by atoms with Gasteiger partial charge in [-0.1, -0.05) is 0 Å². The van der Waals surface area contributed by atoms with Crippen LogP contribution in [0.1, 0.15) is 31.1 Å². The van der Waals surface area contributed by atoms with E-state index < -0.39 is 5.91 Å². The van der Waals surface area contributed by atoms with Gasteiger partial charge in [-0.05, 0) is 43.4 Å². The van der Waals surface area contributed by atoms with Crippen LogP contribution in [0.3, 0.4) is 0 Å². The molecule has 0 atom stereocenters. The van der Waals surface area contributed by atoms with Crippen molar-refractivity contribution in [3.05, 3.63) is 15.5 Å². The molecule has 0 aliphatic heterocycles. The Morgan fingerprint density at radius 3 is 2.38 bits per heavy atom. The van der Waals surface area contributed by atoms with Crippen molar-refractivity contribution < 1.29 is 4.79 Å². The van der Waals surface area contributed by atoms with E-state index >= 15 is 0 Å². The molecule has 4 nitrogen and oxygen atoms in total. The molecule has 0 bridgehead atoms. The number of hydrogen-bond donors (Lipinski definition) is 1. The molecule has 13 heavy (non-hydrogen) atoms. The van der Waals surface area contributed by atoms with Crippen molar-refractivity contribution in [2.24, 2.45) is 5.73 Å². The van der Waals surface area contributed by atoms with Crippen LogP contribution in [0.15, 0.2) is 6.20 Å². The van der Waals surface area contributed by atoms with E-state index in [0.29, 0.717) is 5.56 Å². The fourth-order valence-electron chi connectivity index (χ4n) is 0.966. The lowest BCUT2D eigenvalue weighted by Gasteiger charge is -2.20. The molecule has 0 fully saturated rings. The third kappa shape index (κ3) is 2.01. The fourth-order valence-corrected chi connectivity index (χ4v) is 2.22. The van der Waals surface area contributed by atoms with Gasteiger partial charge in [-0.25, -0.2) is 0 Å². The number of primary amides is 1. The number of nitrogens with two attached hydrogens (primary N) is 1. The first-order chi connectivity index (χ1) is 5.84. The Morgan fingerprint density at radius 1 is 1.62 bits per heavy atom. The minimum absolute atomic E-state index is 0.121. The van der Waals surface area contributed by atoms with E-state index in [-0.39, 0.29) is 5.54 Å². The lowest BCUT2D eigenvalue weighted by molar-refractivity contribution is 0.0999. The highest BCUT2D eigenvalue weighted by Gasteiger charge is 2.20. The zero-order valence-electron chi connectivity index (χ0n) is 7.84. The Morgan fingerprint density at radius 2 is 2.15 bits per heavy atom. The van der Waals surface area contributed by atoms with Gasteiger partial charge in [0.2, 0.25) is 0 Å². The quantitative estimate of drug-likeness (QED) is 0.794. The minimum Gasteiger partial charge on any atom is -0.365 e. The molecule has 72 valence electrons. The molecule has 0 unspecified atom stereocenters. The van der Waals surface area contributed by atoms with E-state index in [9.17, 15) is 4.79 Å². The summed E-state index contributed by atoms with van der Waals surface area (Å²) in [5.74, 6) is -0.431. The van der Waals surface area contributed by atoms with E-state index in [1.807, 2.05) is 20.8 Å². The topological polar surface area (TPSA) is 60.9 Å². The largest absolute Gasteiger partial charge is 0.365 e. The van der Waals surface area contributed by atoms with Gasteiger partial charge < -0.3 is 5.73 Å². The van der Waals surface area contributed by atoms with Crippen LogP contribution in [-0.4, -0.2) is 15.7 Å². The van der Waals surface area contributed by atoms with Crippen LogP contribution in [-0.2, 0) is 5.54 Å². The second-order valence-corrected chi connectivity index (χ2v) is 4.82. The number of halogens is 1. The average Bonchev–Trinajstić information content (AvgIpc) is 2.28. The van der Waals surface area contributed by atoms with E-state index in [0.717, 1.165) is 3.70 Å². The van der Waals surface area contributed by atoms with Crippen LogP contribution in [0.4, 0.5) is 0 Å². The first-order valence-electron chi connectivity index (χ1n) is 3.88. The van der Waals surface area contributed by atoms with Gasteiger partial charge in [-0.3, -0.25) is 9.48 Å². The van der Waals surface area contributed by atoms with Crippen molar-refractivity contribution in [2.75, 3.05) is 0 Å². The summed E-state index contributed by atoms with van der Waals surface area (Å²) in [4.78, 5) is 10.9. The van der Waals surface area contributed by atoms with Gasteiger partial charge in [0.1, 0.15) is 3.70 Å². The summed E-state index contributed by atoms with van der Waals surface area (Å²) in [6, 6.07) is 0. The maximum absolute atomic E-state index is 10.9. The maximum Gasteiger partial charge on any atom is 0.253 e. The monoisotopic (exact) mass is 293 g/mol. The first-order valence-corrected chi connectivity index (χ1v) is 4.95. The molecule has 0 radical (unpaired) electrons. The number of aromatic nitrogens is 2. The van der Waals surface area contributed by atoms with Crippen molar-refractivity contribution in [3.63, 3.8) is 0 Å². The molecule has 1 heterocycles. The summed E-state index contributed by atoms with van der Waals surface area (Å²) < 4.78 is 2.57. The summed E-state index contributed by atoms with van der Waals surface area (Å²) in [6.45, 7) is 6.06. The van der Waals surface area contributed by atoms with Crippen LogP contribution in [0.2, 0.25) is 0 Å². The molecule has 2 N–H and O–H groups in total. The number of amides is 1.